The minimum Gasteiger partial charge on any atom is -0.367 e. The highest BCUT2D eigenvalue weighted by molar-refractivity contribution is 6.09. The van der Waals surface area contributed by atoms with Gasteiger partial charge in [0.2, 0.25) is 0 Å². The van der Waals surface area contributed by atoms with Crippen molar-refractivity contribution in [2.75, 3.05) is 25.0 Å². The number of aromatic nitrogens is 2. The number of para-hydroxylation sites is 1. The van der Waals surface area contributed by atoms with Gasteiger partial charge in [-0.3, -0.25) is 4.79 Å². The van der Waals surface area contributed by atoms with Crippen LogP contribution in [0.4, 0.5) is 5.82 Å². The van der Waals surface area contributed by atoms with Crippen molar-refractivity contribution in [2.24, 2.45) is 0 Å². The Morgan fingerprint density at radius 1 is 0.889 bits per heavy atom. The number of hydrogen-bond donors (Lipinski definition) is 1. The summed E-state index contributed by atoms with van der Waals surface area (Å²) in [4.78, 5) is 25.1. The second-order valence-electron chi connectivity index (χ2n) is 9.35. The lowest BCUT2D eigenvalue weighted by Crippen LogP contribution is -2.25. The van der Waals surface area contributed by atoms with Crippen LogP contribution in [0.1, 0.15) is 55.1 Å². The first-order valence-electron chi connectivity index (χ1n) is 13.0. The van der Waals surface area contributed by atoms with Crippen molar-refractivity contribution in [1.29, 1.82) is 0 Å². The molecule has 0 fully saturated rings. The van der Waals surface area contributed by atoms with Crippen molar-refractivity contribution in [2.45, 2.75) is 46.6 Å². The largest absolute Gasteiger partial charge is 0.367 e. The molecule has 1 atom stereocenters. The summed E-state index contributed by atoms with van der Waals surface area (Å²) in [6.45, 7) is 12.0. The van der Waals surface area contributed by atoms with E-state index >= 15 is 0 Å². The SMILES string of the molecule is CCN(CC)CCCC(C)Nc1nc(-c2ccc(C(=O)c3ccccc3)cc2)nc2c(C)cccc12. The number of nitrogens with one attached hydrogen (secondary N) is 1. The van der Waals surface area contributed by atoms with E-state index in [-0.39, 0.29) is 11.8 Å². The molecule has 1 N–H and O–H groups in total. The zero-order valence-electron chi connectivity index (χ0n) is 21.8. The summed E-state index contributed by atoms with van der Waals surface area (Å²) < 4.78 is 0. The Morgan fingerprint density at radius 2 is 1.58 bits per heavy atom. The molecule has 0 saturated heterocycles. The zero-order valence-corrected chi connectivity index (χ0v) is 21.8. The quantitative estimate of drug-likeness (QED) is 0.240. The number of carbonyl (C=O) groups excluding carboxylic acids is 1. The van der Waals surface area contributed by atoms with Crippen molar-refractivity contribution in [1.82, 2.24) is 14.9 Å². The molecule has 1 heterocycles. The van der Waals surface area contributed by atoms with Gasteiger partial charge in [-0.25, -0.2) is 9.97 Å². The number of nitrogens with zero attached hydrogens (tertiary/aromatic N) is 3. The first-order chi connectivity index (χ1) is 17.5. The molecule has 4 rings (SSSR count). The molecule has 5 heteroatoms. The highest BCUT2D eigenvalue weighted by Gasteiger charge is 2.15. The standard InChI is InChI=1S/C31H36N4O/c1-5-35(6-2)21-11-13-23(4)32-31-27-16-10-12-22(3)28(27)33-30(34-31)26-19-17-25(18-20-26)29(36)24-14-8-7-9-15-24/h7-10,12,14-20,23H,5-6,11,13,21H2,1-4H3,(H,32,33,34). The number of ketones is 1. The Bertz CT molecular complexity index is 1300. The predicted molar refractivity (Wildman–Crippen MR) is 150 cm³/mol. The molecule has 36 heavy (non-hydrogen) atoms. The lowest BCUT2D eigenvalue weighted by molar-refractivity contribution is 0.103. The normalized spacial score (nSPS) is 12.1. The molecule has 0 bridgehead atoms. The fourth-order valence-electron chi connectivity index (χ4n) is 4.53. The predicted octanol–water partition coefficient (Wildman–Crippen LogP) is 6.76. The van der Waals surface area contributed by atoms with Crippen molar-refractivity contribution in [3.05, 3.63) is 89.5 Å². The lowest BCUT2D eigenvalue weighted by atomic mass is 10.0. The Hall–Kier alpha value is -3.57. The van der Waals surface area contributed by atoms with Crippen LogP contribution in [-0.2, 0) is 0 Å². The van der Waals surface area contributed by atoms with Crippen molar-refractivity contribution < 1.29 is 4.79 Å². The average molecular weight is 481 g/mol. The Labute approximate surface area is 214 Å². The van der Waals surface area contributed by atoms with Crippen LogP contribution in [0.5, 0.6) is 0 Å². The average Bonchev–Trinajstić information content (AvgIpc) is 2.91. The van der Waals surface area contributed by atoms with Gasteiger partial charge >= 0.3 is 0 Å². The van der Waals surface area contributed by atoms with Crippen LogP contribution in [0.15, 0.2) is 72.8 Å². The molecule has 5 nitrogen and oxygen atoms in total. The summed E-state index contributed by atoms with van der Waals surface area (Å²) in [7, 11) is 0. The minimum absolute atomic E-state index is 0.0123. The third-order valence-corrected chi connectivity index (χ3v) is 6.76. The minimum atomic E-state index is 0.0123. The Kier molecular flexibility index (Phi) is 8.44. The van der Waals surface area contributed by atoms with Crippen molar-refractivity contribution in [3.8, 4) is 11.4 Å². The van der Waals surface area contributed by atoms with Crippen LogP contribution in [0, 0.1) is 6.92 Å². The first kappa shape index (κ1) is 25.5. The molecule has 0 aliphatic heterocycles. The summed E-state index contributed by atoms with van der Waals surface area (Å²) in [5.74, 6) is 1.53. The number of fused-ring (bicyclic) bond motifs is 1. The molecule has 0 spiro atoms. The molecule has 4 aromatic rings. The van der Waals surface area contributed by atoms with Crippen LogP contribution in [0.3, 0.4) is 0 Å². The van der Waals surface area contributed by atoms with Gasteiger partial charge in [0.15, 0.2) is 11.6 Å². The second-order valence-corrected chi connectivity index (χ2v) is 9.35. The van der Waals surface area contributed by atoms with Gasteiger partial charge in [0.1, 0.15) is 5.82 Å². The van der Waals surface area contributed by atoms with E-state index in [0.717, 1.165) is 60.3 Å². The zero-order chi connectivity index (χ0) is 25.5. The molecule has 0 aliphatic carbocycles. The number of carbonyl (C=O) groups is 1. The maximum absolute atomic E-state index is 12.8. The summed E-state index contributed by atoms with van der Waals surface area (Å²) in [6.07, 6.45) is 2.21. The van der Waals surface area contributed by atoms with E-state index in [9.17, 15) is 4.79 Å². The molecule has 186 valence electrons. The summed E-state index contributed by atoms with van der Waals surface area (Å²) >= 11 is 0. The third kappa shape index (κ3) is 5.97. The molecular weight excluding hydrogens is 444 g/mol. The lowest BCUT2D eigenvalue weighted by Gasteiger charge is -2.21. The fraction of sp³-hybridized carbons (Fsp3) is 0.323. The van der Waals surface area contributed by atoms with Crippen LogP contribution in [0.2, 0.25) is 0 Å². The van der Waals surface area contributed by atoms with E-state index in [4.69, 9.17) is 9.97 Å². The summed E-state index contributed by atoms with van der Waals surface area (Å²) in [5, 5.41) is 4.69. The number of hydrogen-bond acceptors (Lipinski definition) is 5. The van der Waals surface area contributed by atoms with E-state index in [0.29, 0.717) is 17.0 Å². The molecular formula is C31H36N4O. The van der Waals surface area contributed by atoms with Crippen LogP contribution in [-0.4, -0.2) is 46.3 Å². The molecule has 0 radical (unpaired) electrons. The first-order valence-corrected chi connectivity index (χ1v) is 13.0. The number of anilines is 1. The van der Waals surface area contributed by atoms with Gasteiger partial charge in [-0.1, -0.05) is 80.6 Å². The Morgan fingerprint density at radius 3 is 2.28 bits per heavy atom. The van der Waals surface area contributed by atoms with E-state index in [1.165, 1.54) is 0 Å². The van der Waals surface area contributed by atoms with Gasteiger partial charge in [-0.15, -0.1) is 0 Å². The number of rotatable bonds is 11. The monoisotopic (exact) mass is 480 g/mol. The maximum atomic E-state index is 12.8. The topological polar surface area (TPSA) is 58.1 Å². The molecule has 3 aromatic carbocycles. The van der Waals surface area contributed by atoms with Gasteiger partial charge in [0.05, 0.1) is 5.52 Å². The highest BCUT2D eigenvalue weighted by Crippen LogP contribution is 2.28. The molecule has 0 saturated carbocycles. The number of benzene rings is 3. The molecule has 0 amide bonds. The van der Waals surface area contributed by atoms with Crippen LogP contribution < -0.4 is 5.32 Å². The molecule has 1 aromatic heterocycles. The highest BCUT2D eigenvalue weighted by atomic mass is 16.1. The van der Waals surface area contributed by atoms with E-state index < -0.39 is 0 Å². The van der Waals surface area contributed by atoms with Crippen molar-refractivity contribution in [3.63, 3.8) is 0 Å². The van der Waals surface area contributed by atoms with Gasteiger partial charge in [0.25, 0.3) is 0 Å². The third-order valence-electron chi connectivity index (χ3n) is 6.76. The second kappa shape index (κ2) is 11.9. The van der Waals surface area contributed by atoms with Gasteiger partial charge < -0.3 is 10.2 Å². The smallest absolute Gasteiger partial charge is 0.193 e. The molecule has 0 aliphatic rings. The van der Waals surface area contributed by atoms with Gasteiger partial charge in [0, 0.05) is 28.1 Å². The van der Waals surface area contributed by atoms with Gasteiger partial charge in [-0.2, -0.15) is 0 Å². The van der Waals surface area contributed by atoms with Crippen molar-refractivity contribution >= 4 is 22.5 Å². The summed E-state index contributed by atoms with van der Waals surface area (Å²) in [6, 6.07) is 23.5. The summed E-state index contributed by atoms with van der Waals surface area (Å²) in [5.41, 5.74) is 4.29. The van der Waals surface area contributed by atoms with E-state index in [1.54, 1.807) is 0 Å². The number of aryl methyl sites for hydroxylation is 1. The maximum Gasteiger partial charge on any atom is 0.193 e. The Balaban J connectivity index is 1.58. The molecule has 1 unspecified atom stereocenters. The van der Waals surface area contributed by atoms with Gasteiger partial charge in [-0.05, 0) is 58.0 Å². The van der Waals surface area contributed by atoms with Crippen LogP contribution in [0.25, 0.3) is 22.3 Å². The van der Waals surface area contributed by atoms with Crippen LogP contribution >= 0.6 is 0 Å². The fourth-order valence-corrected chi connectivity index (χ4v) is 4.53. The van der Waals surface area contributed by atoms with E-state index in [1.807, 2.05) is 54.6 Å². The van der Waals surface area contributed by atoms with E-state index in [2.05, 4.69) is 56.1 Å².